The van der Waals surface area contributed by atoms with E-state index in [2.05, 4.69) is 58.6 Å². The smallest absolute Gasteiger partial charge is 0.191 e. The fourth-order valence-corrected chi connectivity index (χ4v) is 4.29. The molecule has 1 aliphatic heterocycles. The highest BCUT2D eigenvalue weighted by molar-refractivity contribution is 7.11. The van der Waals surface area contributed by atoms with Crippen molar-refractivity contribution in [2.75, 3.05) is 19.6 Å². The van der Waals surface area contributed by atoms with E-state index in [0.29, 0.717) is 13.1 Å². The molecule has 5 nitrogen and oxygen atoms in total. The number of nitrogens with one attached hydrogen (secondary N) is 2. The van der Waals surface area contributed by atoms with E-state index in [1.54, 1.807) is 11.3 Å². The first-order chi connectivity index (χ1) is 13.8. The predicted molar refractivity (Wildman–Crippen MR) is 119 cm³/mol. The van der Waals surface area contributed by atoms with E-state index in [1.807, 2.05) is 6.20 Å². The quantitative estimate of drug-likeness (QED) is 0.521. The zero-order valence-corrected chi connectivity index (χ0v) is 18.0. The Morgan fingerprint density at radius 3 is 2.61 bits per heavy atom. The lowest BCUT2D eigenvalue weighted by molar-refractivity contribution is 0.220. The minimum absolute atomic E-state index is 0.692. The fourth-order valence-electron chi connectivity index (χ4n) is 3.48. The van der Waals surface area contributed by atoms with Gasteiger partial charge in [-0.3, -0.25) is 4.90 Å². The van der Waals surface area contributed by atoms with Crippen molar-refractivity contribution in [1.29, 1.82) is 0 Å². The first kappa shape index (κ1) is 20.8. The Morgan fingerprint density at radius 1 is 1.11 bits per heavy atom. The number of aryl methyl sites for hydroxylation is 1. The van der Waals surface area contributed by atoms with E-state index in [-0.39, 0.29) is 0 Å². The molecule has 1 aromatic heterocycles. The second kappa shape index (κ2) is 11.2. The highest BCUT2D eigenvalue weighted by atomic mass is 32.1. The van der Waals surface area contributed by atoms with Crippen LogP contribution in [0.25, 0.3) is 0 Å². The van der Waals surface area contributed by atoms with Crippen LogP contribution in [0.4, 0.5) is 0 Å². The van der Waals surface area contributed by atoms with Crippen molar-refractivity contribution in [2.45, 2.75) is 59.2 Å². The Kier molecular flexibility index (Phi) is 8.30. The molecule has 1 aliphatic rings. The molecular formula is C22H33N5S. The largest absolute Gasteiger partial charge is 0.357 e. The van der Waals surface area contributed by atoms with Gasteiger partial charge in [0.05, 0.1) is 13.1 Å². The van der Waals surface area contributed by atoms with Gasteiger partial charge in [-0.25, -0.2) is 9.98 Å². The Bertz CT molecular complexity index is 749. The van der Waals surface area contributed by atoms with Gasteiger partial charge >= 0.3 is 0 Å². The molecule has 0 bridgehead atoms. The summed E-state index contributed by atoms with van der Waals surface area (Å²) in [6, 6.07) is 8.72. The van der Waals surface area contributed by atoms with Gasteiger partial charge in [-0.2, -0.15) is 0 Å². The van der Waals surface area contributed by atoms with Crippen LogP contribution >= 0.6 is 11.3 Å². The molecule has 1 fully saturated rings. The van der Waals surface area contributed by atoms with Crippen molar-refractivity contribution in [3.05, 3.63) is 51.5 Å². The van der Waals surface area contributed by atoms with Gasteiger partial charge < -0.3 is 10.6 Å². The van der Waals surface area contributed by atoms with Crippen LogP contribution in [-0.2, 0) is 26.1 Å². The third-order valence-corrected chi connectivity index (χ3v) is 6.21. The number of rotatable bonds is 8. The maximum atomic E-state index is 4.83. The van der Waals surface area contributed by atoms with E-state index in [1.165, 1.54) is 48.4 Å². The number of thiazole rings is 1. The molecule has 0 unspecified atom stereocenters. The number of likely N-dealkylation sites (tertiary alicyclic amines) is 1. The zero-order chi connectivity index (χ0) is 19.6. The maximum Gasteiger partial charge on any atom is 0.191 e. The molecule has 2 heterocycles. The number of guanidine groups is 1. The molecule has 0 amide bonds. The van der Waals surface area contributed by atoms with Crippen LogP contribution in [0.15, 0.2) is 35.5 Å². The van der Waals surface area contributed by atoms with Gasteiger partial charge in [0.15, 0.2) is 5.96 Å². The highest BCUT2D eigenvalue weighted by Gasteiger charge is 2.12. The number of benzene rings is 1. The lowest BCUT2D eigenvalue weighted by Crippen LogP contribution is -2.36. The summed E-state index contributed by atoms with van der Waals surface area (Å²) in [6.07, 6.45) is 7.04. The molecule has 0 aliphatic carbocycles. The van der Waals surface area contributed by atoms with Gasteiger partial charge in [-0.15, -0.1) is 11.3 Å². The third kappa shape index (κ3) is 6.31. The molecular weight excluding hydrogens is 366 g/mol. The molecule has 1 saturated heterocycles. The summed E-state index contributed by atoms with van der Waals surface area (Å²) in [7, 11) is 0. The minimum Gasteiger partial charge on any atom is -0.357 e. The summed E-state index contributed by atoms with van der Waals surface area (Å²) in [6.45, 7) is 9.99. The number of aromatic nitrogens is 1. The van der Waals surface area contributed by atoms with Gasteiger partial charge in [-0.1, -0.05) is 37.6 Å². The average molecular weight is 400 g/mol. The van der Waals surface area contributed by atoms with Crippen molar-refractivity contribution >= 4 is 17.3 Å². The molecule has 2 N–H and O–H groups in total. The maximum absolute atomic E-state index is 4.83. The summed E-state index contributed by atoms with van der Waals surface area (Å²) >= 11 is 1.77. The summed E-state index contributed by atoms with van der Waals surface area (Å²) < 4.78 is 0. The second-order valence-electron chi connectivity index (χ2n) is 7.23. The van der Waals surface area contributed by atoms with Crippen molar-refractivity contribution in [3.8, 4) is 0 Å². The molecule has 152 valence electrons. The number of hydrogen-bond donors (Lipinski definition) is 2. The molecule has 3 rings (SSSR count). The van der Waals surface area contributed by atoms with Crippen molar-refractivity contribution in [1.82, 2.24) is 20.5 Å². The fraction of sp³-hybridized carbons (Fsp3) is 0.545. The van der Waals surface area contributed by atoms with E-state index in [0.717, 1.165) is 30.5 Å². The van der Waals surface area contributed by atoms with Crippen molar-refractivity contribution < 1.29 is 0 Å². The van der Waals surface area contributed by atoms with E-state index < -0.39 is 0 Å². The van der Waals surface area contributed by atoms with Gasteiger partial charge in [0.1, 0.15) is 5.01 Å². The van der Waals surface area contributed by atoms with Gasteiger partial charge in [0, 0.05) is 24.2 Å². The van der Waals surface area contributed by atoms with E-state index in [9.17, 15) is 0 Å². The summed E-state index contributed by atoms with van der Waals surface area (Å²) in [4.78, 5) is 13.2. The molecule has 0 saturated carbocycles. The second-order valence-corrected chi connectivity index (χ2v) is 8.43. The topological polar surface area (TPSA) is 52.6 Å². The zero-order valence-electron chi connectivity index (χ0n) is 17.2. The molecule has 28 heavy (non-hydrogen) atoms. The van der Waals surface area contributed by atoms with E-state index >= 15 is 0 Å². The lowest BCUT2D eigenvalue weighted by atomic mass is 10.1. The summed E-state index contributed by atoms with van der Waals surface area (Å²) in [5.74, 6) is 0.850. The van der Waals surface area contributed by atoms with Gasteiger partial charge in [0.25, 0.3) is 0 Å². The number of aliphatic imine (C=N–C) groups is 1. The molecule has 0 atom stereocenters. The highest BCUT2D eigenvalue weighted by Crippen LogP contribution is 2.17. The third-order valence-electron chi connectivity index (χ3n) is 5.07. The number of nitrogens with zero attached hydrogens (tertiary/aromatic N) is 3. The first-order valence-electron chi connectivity index (χ1n) is 10.5. The lowest BCUT2D eigenvalue weighted by Gasteiger charge is -2.27. The van der Waals surface area contributed by atoms with Crippen LogP contribution in [0.5, 0.6) is 0 Å². The van der Waals surface area contributed by atoms with Gasteiger partial charge in [-0.05, 0) is 50.4 Å². The SMILES string of the molecule is CCNC(=NCc1ccccc1CN1CCCCC1)NCc1ncc(CC)s1. The van der Waals surface area contributed by atoms with Crippen LogP contribution in [0.2, 0.25) is 0 Å². The minimum atomic E-state index is 0.692. The van der Waals surface area contributed by atoms with Crippen LogP contribution in [-0.4, -0.2) is 35.5 Å². The first-order valence-corrected chi connectivity index (χ1v) is 11.3. The predicted octanol–water partition coefficient (Wildman–Crippen LogP) is 3.95. The van der Waals surface area contributed by atoms with Gasteiger partial charge in [0.2, 0.25) is 0 Å². The van der Waals surface area contributed by atoms with Crippen LogP contribution < -0.4 is 10.6 Å². The Balaban J connectivity index is 1.61. The van der Waals surface area contributed by atoms with Crippen LogP contribution in [0, 0.1) is 0 Å². The van der Waals surface area contributed by atoms with Crippen LogP contribution in [0.3, 0.4) is 0 Å². The van der Waals surface area contributed by atoms with Crippen LogP contribution in [0.1, 0.15) is 54.1 Å². The molecule has 0 radical (unpaired) electrons. The standard InChI is InChI=1S/C22H33N5S/c1-3-20-15-24-21(28-20)16-26-22(23-4-2)25-14-18-10-6-7-11-19(18)17-27-12-8-5-9-13-27/h6-7,10-11,15H,3-5,8-9,12-14,16-17H2,1-2H3,(H2,23,25,26). The van der Waals surface area contributed by atoms with E-state index in [4.69, 9.17) is 4.99 Å². The monoisotopic (exact) mass is 399 g/mol. The Hall–Kier alpha value is -1.92. The average Bonchev–Trinajstić information content (AvgIpc) is 3.20. The molecule has 0 spiro atoms. The Labute approximate surface area is 173 Å². The molecule has 2 aromatic rings. The molecule has 1 aromatic carbocycles. The molecule has 6 heteroatoms. The normalized spacial score (nSPS) is 15.6. The number of hydrogen-bond acceptors (Lipinski definition) is 4. The number of piperidine rings is 1. The van der Waals surface area contributed by atoms with Crippen molar-refractivity contribution in [3.63, 3.8) is 0 Å². The Morgan fingerprint density at radius 2 is 1.89 bits per heavy atom. The van der Waals surface area contributed by atoms with Crippen molar-refractivity contribution in [2.24, 2.45) is 4.99 Å². The summed E-state index contributed by atoms with van der Waals surface area (Å²) in [5.41, 5.74) is 2.71. The summed E-state index contributed by atoms with van der Waals surface area (Å²) in [5, 5.41) is 7.88.